The van der Waals surface area contributed by atoms with Crippen molar-refractivity contribution in [2.24, 2.45) is 0 Å². The lowest BCUT2D eigenvalue weighted by Crippen LogP contribution is -2.38. The standard InChI is InChI=1S/C19H17FN2O2/c20-13-5-7-14(8-6-13)24-12-19(23)22-10-9-18-16(11-22)15-3-1-2-4-17(15)21-18/h1-8,21H,9-12H2. The van der Waals surface area contributed by atoms with Crippen LogP contribution >= 0.6 is 0 Å². The van der Waals surface area contributed by atoms with E-state index in [1.165, 1.54) is 40.9 Å². The van der Waals surface area contributed by atoms with Crippen LogP contribution in [-0.2, 0) is 17.8 Å². The Morgan fingerprint density at radius 2 is 1.96 bits per heavy atom. The highest BCUT2D eigenvalue weighted by Crippen LogP contribution is 2.27. The van der Waals surface area contributed by atoms with E-state index in [2.05, 4.69) is 17.1 Å². The predicted molar refractivity (Wildman–Crippen MR) is 89.3 cm³/mol. The maximum absolute atomic E-state index is 12.9. The number of halogens is 1. The van der Waals surface area contributed by atoms with E-state index in [4.69, 9.17) is 4.74 Å². The number of carbonyl (C=O) groups excluding carboxylic acids is 1. The van der Waals surface area contributed by atoms with Gasteiger partial charge in [0.2, 0.25) is 0 Å². The summed E-state index contributed by atoms with van der Waals surface area (Å²) in [5, 5.41) is 1.17. The van der Waals surface area contributed by atoms with Crippen molar-refractivity contribution in [2.75, 3.05) is 13.2 Å². The number of benzene rings is 2. The molecule has 0 saturated heterocycles. The normalized spacial score (nSPS) is 13.8. The SMILES string of the molecule is O=C(COc1ccc(F)cc1)N1CCc2[nH]c3ccccc3c2C1. The largest absolute Gasteiger partial charge is 0.484 e. The zero-order valence-corrected chi connectivity index (χ0v) is 13.1. The highest BCUT2D eigenvalue weighted by molar-refractivity contribution is 5.86. The van der Waals surface area contributed by atoms with Crippen molar-refractivity contribution in [3.05, 3.63) is 65.6 Å². The number of carbonyl (C=O) groups is 1. The van der Waals surface area contributed by atoms with Gasteiger partial charge in [0.25, 0.3) is 5.91 Å². The molecule has 0 aliphatic carbocycles. The van der Waals surface area contributed by atoms with Gasteiger partial charge < -0.3 is 14.6 Å². The third kappa shape index (κ3) is 2.73. The van der Waals surface area contributed by atoms with E-state index in [0.717, 1.165) is 11.9 Å². The third-order valence-corrected chi connectivity index (χ3v) is 4.41. The Labute approximate surface area is 138 Å². The van der Waals surface area contributed by atoms with Gasteiger partial charge >= 0.3 is 0 Å². The van der Waals surface area contributed by atoms with Crippen molar-refractivity contribution in [3.8, 4) is 5.75 Å². The summed E-state index contributed by atoms with van der Waals surface area (Å²) in [6.07, 6.45) is 0.812. The second-order valence-electron chi connectivity index (χ2n) is 5.94. The van der Waals surface area contributed by atoms with Crippen LogP contribution < -0.4 is 4.74 Å². The number of para-hydroxylation sites is 1. The quantitative estimate of drug-likeness (QED) is 0.804. The Hall–Kier alpha value is -2.82. The van der Waals surface area contributed by atoms with Crippen molar-refractivity contribution < 1.29 is 13.9 Å². The Morgan fingerprint density at radius 3 is 2.79 bits per heavy atom. The summed E-state index contributed by atoms with van der Waals surface area (Å²) in [6, 6.07) is 13.8. The van der Waals surface area contributed by atoms with Crippen molar-refractivity contribution >= 4 is 16.8 Å². The number of fused-ring (bicyclic) bond motifs is 3. The highest BCUT2D eigenvalue weighted by Gasteiger charge is 2.24. The summed E-state index contributed by atoms with van der Waals surface area (Å²) in [7, 11) is 0. The minimum Gasteiger partial charge on any atom is -0.484 e. The van der Waals surface area contributed by atoms with Gasteiger partial charge in [0.05, 0.1) is 0 Å². The molecule has 0 atom stereocenters. The first-order valence-electron chi connectivity index (χ1n) is 7.95. The smallest absolute Gasteiger partial charge is 0.260 e. The molecule has 1 aliphatic heterocycles. The molecule has 4 nitrogen and oxygen atoms in total. The molecular weight excluding hydrogens is 307 g/mol. The van der Waals surface area contributed by atoms with E-state index < -0.39 is 0 Å². The second kappa shape index (κ2) is 6.00. The molecule has 122 valence electrons. The number of aromatic amines is 1. The minimum absolute atomic E-state index is 0.0384. The van der Waals surface area contributed by atoms with Gasteiger partial charge in [0.15, 0.2) is 6.61 Å². The fourth-order valence-electron chi connectivity index (χ4n) is 3.15. The van der Waals surface area contributed by atoms with Crippen LogP contribution in [0, 0.1) is 5.82 Å². The third-order valence-electron chi connectivity index (χ3n) is 4.41. The number of ether oxygens (including phenoxy) is 1. The van der Waals surface area contributed by atoms with E-state index in [0.29, 0.717) is 18.8 Å². The van der Waals surface area contributed by atoms with Gasteiger partial charge in [-0.25, -0.2) is 4.39 Å². The van der Waals surface area contributed by atoms with Crippen LogP contribution in [0.25, 0.3) is 10.9 Å². The molecule has 0 bridgehead atoms. The summed E-state index contributed by atoms with van der Waals surface area (Å²) < 4.78 is 18.3. The van der Waals surface area contributed by atoms with Crippen LogP contribution in [0.2, 0.25) is 0 Å². The first-order chi connectivity index (χ1) is 11.7. The number of hydrogen-bond acceptors (Lipinski definition) is 2. The van der Waals surface area contributed by atoms with Gasteiger partial charge in [-0.2, -0.15) is 0 Å². The number of nitrogens with zero attached hydrogens (tertiary/aromatic N) is 1. The molecule has 5 heteroatoms. The van der Waals surface area contributed by atoms with E-state index in [-0.39, 0.29) is 18.3 Å². The zero-order valence-electron chi connectivity index (χ0n) is 13.1. The molecule has 1 amide bonds. The molecule has 1 N–H and O–H groups in total. The van der Waals surface area contributed by atoms with Crippen LogP contribution in [0.3, 0.4) is 0 Å². The van der Waals surface area contributed by atoms with Crippen molar-refractivity contribution in [1.82, 2.24) is 9.88 Å². The Balaban J connectivity index is 1.45. The van der Waals surface area contributed by atoms with Gasteiger partial charge in [-0.3, -0.25) is 4.79 Å². The number of rotatable bonds is 3. The van der Waals surface area contributed by atoms with Crippen LogP contribution in [0.1, 0.15) is 11.3 Å². The highest BCUT2D eigenvalue weighted by atomic mass is 19.1. The van der Waals surface area contributed by atoms with E-state index in [1.807, 2.05) is 17.0 Å². The summed E-state index contributed by atoms with van der Waals surface area (Å²) in [5.41, 5.74) is 3.51. The van der Waals surface area contributed by atoms with E-state index >= 15 is 0 Å². The number of amides is 1. The van der Waals surface area contributed by atoms with E-state index in [1.54, 1.807) is 0 Å². The topological polar surface area (TPSA) is 45.3 Å². The molecule has 0 radical (unpaired) electrons. The minimum atomic E-state index is -0.323. The van der Waals surface area contributed by atoms with Gasteiger partial charge in [-0.15, -0.1) is 0 Å². The Bertz CT molecular complexity index is 886. The molecule has 0 unspecified atom stereocenters. The summed E-state index contributed by atoms with van der Waals surface area (Å²) in [5.74, 6) is 0.112. The van der Waals surface area contributed by atoms with Crippen LogP contribution in [0.4, 0.5) is 4.39 Å². The number of H-pyrrole nitrogens is 1. The first kappa shape index (κ1) is 14.8. The fraction of sp³-hybridized carbons (Fsp3) is 0.211. The van der Waals surface area contributed by atoms with Crippen molar-refractivity contribution in [2.45, 2.75) is 13.0 Å². The number of aromatic nitrogens is 1. The van der Waals surface area contributed by atoms with Crippen molar-refractivity contribution in [1.29, 1.82) is 0 Å². The lowest BCUT2D eigenvalue weighted by Gasteiger charge is -2.27. The van der Waals surface area contributed by atoms with E-state index in [9.17, 15) is 9.18 Å². The van der Waals surface area contributed by atoms with Crippen LogP contribution in [0.15, 0.2) is 48.5 Å². The molecule has 0 saturated carbocycles. The van der Waals surface area contributed by atoms with Gasteiger partial charge in [0, 0.05) is 41.7 Å². The monoisotopic (exact) mass is 324 g/mol. The maximum atomic E-state index is 12.9. The van der Waals surface area contributed by atoms with Crippen molar-refractivity contribution in [3.63, 3.8) is 0 Å². The second-order valence-corrected chi connectivity index (χ2v) is 5.94. The van der Waals surface area contributed by atoms with Crippen LogP contribution in [0.5, 0.6) is 5.75 Å². The molecule has 3 aromatic rings. The first-order valence-corrected chi connectivity index (χ1v) is 7.95. The maximum Gasteiger partial charge on any atom is 0.260 e. The average molecular weight is 324 g/mol. The predicted octanol–water partition coefficient (Wildman–Crippen LogP) is 3.27. The lowest BCUT2D eigenvalue weighted by atomic mass is 10.0. The molecule has 2 heterocycles. The summed E-state index contributed by atoms with van der Waals surface area (Å²) >= 11 is 0. The zero-order chi connectivity index (χ0) is 16.5. The van der Waals surface area contributed by atoms with Gasteiger partial charge in [-0.1, -0.05) is 18.2 Å². The fourth-order valence-corrected chi connectivity index (χ4v) is 3.15. The molecular formula is C19H17FN2O2. The molecule has 2 aromatic carbocycles. The average Bonchev–Trinajstić information content (AvgIpc) is 2.99. The summed E-state index contributed by atoms with van der Waals surface area (Å²) in [6.45, 7) is 1.22. The molecule has 4 rings (SSSR count). The van der Waals surface area contributed by atoms with Crippen LogP contribution in [-0.4, -0.2) is 28.9 Å². The van der Waals surface area contributed by atoms with Gasteiger partial charge in [-0.05, 0) is 30.3 Å². The molecule has 0 fully saturated rings. The Kier molecular flexibility index (Phi) is 3.69. The van der Waals surface area contributed by atoms with Gasteiger partial charge in [0.1, 0.15) is 11.6 Å². The summed E-state index contributed by atoms with van der Waals surface area (Å²) in [4.78, 5) is 17.7. The number of nitrogens with one attached hydrogen (secondary N) is 1. The molecule has 0 spiro atoms. The molecule has 24 heavy (non-hydrogen) atoms. The Morgan fingerprint density at radius 1 is 1.17 bits per heavy atom. The lowest BCUT2D eigenvalue weighted by molar-refractivity contribution is -0.134. The molecule has 1 aliphatic rings. The molecule has 1 aromatic heterocycles. The number of hydrogen-bond donors (Lipinski definition) is 1.